The third-order valence-corrected chi connectivity index (χ3v) is 7.62. The molecule has 1 saturated heterocycles. The van der Waals surface area contributed by atoms with Crippen LogP contribution in [0.15, 0.2) is 54.1 Å². The minimum absolute atomic E-state index is 0.0673. The maximum absolute atomic E-state index is 13.2. The summed E-state index contributed by atoms with van der Waals surface area (Å²) in [7, 11) is 0. The zero-order valence-corrected chi connectivity index (χ0v) is 19.5. The van der Waals surface area contributed by atoms with Gasteiger partial charge in [-0.3, -0.25) is 4.79 Å². The van der Waals surface area contributed by atoms with E-state index in [1.165, 1.54) is 11.1 Å². The van der Waals surface area contributed by atoms with E-state index in [-0.39, 0.29) is 23.7 Å². The van der Waals surface area contributed by atoms with Gasteiger partial charge in [0.05, 0.1) is 0 Å². The first-order valence-corrected chi connectivity index (χ1v) is 11.6. The van der Waals surface area contributed by atoms with Crippen molar-refractivity contribution < 1.29 is 4.79 Å². The third-order valence-electron chi connectivity index (χ3n) is 6.81. The Hall–Kier alpha value is -1.48. The predicted molar refractivity (Wildman–Crippen MR) is 126 cm³/mol. The van der Waals surface area contributed by atoms with Crippen LogP contribution in [0.25, 0.3) is 0 Å². The lowest BCUT2D eigenvalue weighted by Gasteiger charge is -2.40. The van der Waals surface area contributed by atoms with E-state index < -0.39 is 0 Å². The summed E-state index contributed by atoms with van der Waals surface area (Å²) in [6, 6.07) is 13.9. The molecule has 1 saturated carbocycles. The van der Waals surface area contributed by atoms with Gasteiger partial charge < -0.3 is 4.90 Å². The van der Waals surface area contributed by atoms with Crippen molar-refractivity contribution in [1.29, 1.82) is 0 Å². The number of halogens is 3. The fraction of sp³-hybridized carbons (Fsp3) is 0.400. The molecule has 0 radical (unpaired) electrons. The number of carbonyl (C=O) groups excluding carboxylic acids is 1. The molecule has 0 aromatic heterocycles. The van der Waals surface area contributed by atoms with Gasteiger partial charge in [-0.15, -0.1) is 0 Å². The van der Waals surface area contributed by atoms with Crippen molar-refractivity contribution in [3.05, 3.63) is 80.3 Å². The van der Waals surface area contributed by atoms with E-state index in [1.807, 2.05) is 36.1 Å². The molecular formula is C25H26Cl3NO. The molecular weight excluding hydrogens is 437 g/mol. The highest BCUT2D eigenvalue weighted by molar-refractivity contribution is 6.35. The van der Waals surface area contributed by atoms with Crippen molar-refractivity contribution in [2.24, 2.45) is 11.8 Å². The molecule has 1 amide bonds. The fourth-order valence-electron chi connectivity index (χ4n) is 5.28. The average molecular weight is 463 g/mol. The highest BCUT2D eigenvalue weighted by Crippen LogP contribution is 2.54. The van der Waals surface area contributed by atoms with Crippen molar-refractivity contribution in [2.75, 3.05) is 13.1 Å². The van der Waals surface area contributed by atoms with Crippen LogP contribution in [0.4, 0.5) is 0 Å². The standard InChI is InChI=1S/C25H26Cl3NO/c1-3-15(2)13-29-14-22-21(25(29)30)11-10-20(19-9-8-18(27)12-23(19)28)24(22)16-4-6-17(26)7-5-16/h3-9,12,20-22,24H,10-11,13-14H2,1-2H3/b15-3+. The lowest BCUT2D eigenvalue weighted by molar-refractivity contribution is -0.131. The molecule has 0 spiro atoms. The largest absolute Gasteiger partial charge is 0.338 e. The van der Waals surface area contributed by atoms with Crippen LogP contribution in [0.2, 0.25) is 15.1 Å². The van der Waals surface area contributed by atoms with Gasteiger partial charge in [0, 0.05) is 34.1 Å². The average Bonchev–Trinajstić information content (AvgIpc) is 3.03. The molecule has 4 rings (SSSR count). The van der Waals surface area contributed by atoms with Gasteiger partial charge in [0.1, 0.15) is 0 Å². The molecule has 0 bridgehead atoms. The first kappa shape index (κ1) is 21.7. The summed E-state index contributed by atoms with van der Waals surface area (Å²) >= 11 is 19.0. The lowest BCUT2D eigenvalue weighted by atomic mass is 9.63. The van der Waals surface area contributed by atoms with Crippen LogP contribution in [0, 0.1) is 11.8 Å². The molecule has 4 unspecified atom stereocenters. The topological polar surface area (TPSA) is 20.3 Å². The Labute approximate surface area is 193 Å². The van der Waals surface area contributed by atoms with Gasteiger partial charge in [-0.1, -0.05) is 64.7 Å². The van der Waals surface area contributed by atoms with Crippen LogP contribution < -0.4 is 0 Å². The Kier molecular flexibility index (Phi) is 6.48. The normalized spacial score (nSPS) is 26.8. The Morgan fingerprint density at radius 1 is 1.03 bits per heavy atom. The zero-order valence-electron chi connectivity index (χ0n) is 17.2. The Bertz CT molecular complexity index is 969. The number of allylic oxidation sites excluding steroid dienone is 1. The fourth-order valence-corrected chi connectivity index (χ4v) is 5.95. The number of hydrogen-bond acceptors (Lipinski definition) is 1. The second-order valence-corrected chi connectivity index (χ2v) is 9.83. The molecule has 30 heavy (non-hydrogen) atoms. The van der Waals surface area contributed by atoms with E-state index >= 15 is 0 Å². The monoisotopic (exact) mass is 461 g/mol. The summed E-state index contributed by atoms with van der Waals surface area (Å²) in [5, 5.41) is 2.07. The number of nitrogens with zero attached hydrogens (tertiary/aromatic N) is 1. The van der Waals surface area contributed by atoms with E-state index in [2.05, 4.69) is 31.2 Å². The lowest BCUT2D eigenvalue weighted by Crippen LogP contribution is -2.32. The van der Waals surface area contributed by atoms with Gasteiger partial charge in [0.2, 0.25) is 5.91 Å². The van der Waals surface area contributed by atoms with Gasteiger partial charge in [-0.25, -0.2) is 0 Å². The molecule has 0 N–H and O–H groups in total. The molecule has 1 aliphatic heterocycles. The molecule has 1 aliphatic carbocycles. The maximum atomic E-state index is 13.2. The van der Waals surface area contributed by atoms with Crippen LogP contribution >= 0.6 is 34.8 Å². The first-order chi connectivity index (χ1) is 14.4. The summed E-state index contributed by atoms with van der Waals surface area (Å²) in [6.45, 7) is 5.60. The van der Waals surface area contributed by atoms with Gasteiger partial charge in [0.15, 0.2) is 0 Å². The zero-order chi connectivity index (χ0) is 21.4. The number of benzene rings is 2. The van der Waals surface area contributed by atoms with E-state index in [0.29, 0.717) is 22.5 Å². The van der Waals surface area contributed by atoms with E-state index in [9.17, 15) is 4.79 Å². The summed E-state index contributed by atoms with van der Waals surface area (Å²) in [5.41, 5.74) is 3.57. The summed E-state index contributed by atoms with van der Waals surface area (Å²) in [5.74, 6) is 1.07. The molecule has 1 heterocycles. The van der Waals surface area contributed by atoms with Crippen LogP contribution in [0.3, 0.4) is 0 Å². The van der Waals surface area contributed by atoms with Crippen LogP contribution in [-0.4, -0.2) is 23.9 Å². The number of fused-ring (bicyclic) bond motifs is 1. The van der Waals surface area contributed by atoms with Crippen LogP contribution in [0.1, 0.15) is 49.7 Å². The second kappa shape index (κ2) is 8.94. The Morgan fingerprint density at radius 2 is 1.70 bits per heavy atom. The van der Waals surface area contributed by atoms with Gasteiger partial charge >= 0.3 is 0 Å². The molecule has 4 atom stereocenters. The summed E-state index contributed by atoms with van der Waals surface area (Å²) in [4.78, 5) is 15.3. The summed E-state index contributed by atoms with van der Waals surface area (Å²) < 4.78 is 0. The minimum atomic E-state index is 0.0673. The molecule has 158 valence electrons. The van der Waals surface area contributed by atoms with Gasteiger partial charge in [0.25, 0.3) is 0 Å². The molecule has 5 heteroatoms. The number of rotatable bonds is 4. The predicted octanol–water partition coefficient (Wildman–Crippen LogP) is 7.35. The van der Waals surface area contributed by atoms with Crippen molar-refractivity contribution >= 4 is 40.7 Å². The van der Waals surface area contributed by atoms with Crippen LogP contribution in [0.5, 0.6) is 0 Å². The first-order valence-electron chi connectivity index (χ1n) is 10.5. The maximum Gasteiger partial charge on any atom is 0.226 e. The SMILES string of the molecule is C/C=C(\C)CN1CC2C(CCC(c3ccc(Cl)cc3Cl)C2c2ccc(Cl)cc2)C1=O. The van der Waals surface area contributed by atoms with Crippen molar-refractivity contribution in [1.82, 2.24) is 4.90 Å². The molecule has 2 aromatic rings. The van der Waals surface area contributed by atoms with Crippen molar-refractivity contribution in [3.8, 4) is 0 Å². The third kappa shape index (κ3) is 4.15. The number of likely N-dealkylation sites (tertiary alicyclic amines) is 1. The number of amides is 1. The highest BCUT2D eigenvalue weighted by Gasteiger charge is 2.50. The smallest absolute Gasteiger partial charge is 0.226 e. The molecule has 2 nitrogen and oxygen atoms in total. The molecule has 2 aliphatic rings. The van der Waals surface area contributed by atoms with E-state index in [0.717, 1.165) is 30.0 Å². The van der Waals surface area contributed by atoms with Crippen molar-refractivity contribution in [3.63, 3.8) is 0 Å². The number of carbonyl (C=O) groups is 1. The Balaban J connectivity index is 1.74. The van der Waals surface area contributed by atoms with Gasteiger partial charge in [-0.2, -0.15) is 0 Å². The van der Waals surface area contributed by atoms with Crippen molar-refractivity contribution in [2.45, 2.75) is 38.5 Å². The van der Waals surface area contributed by atoms with E-state index in [1.54, 1.807) is 0 Å². The summed E-state index contributed by atoms with van der Waals surface area (Å²) in [6.07, 6.45) is 3.91. The number of hydrogen-bond donors (Lipinski definition) is 0. The molecule has 2 aromatic carbocycles. The second-order valence-electron chi connectivity index (χ2n) is 8.55. The van der Waals surface area contributed by atoms with Crippen LogP contribution in [-0.2, 0) is 4.79 Å². The Morgan fingerprint density at radius 3 is 2.37 bits per heavy atom. The minimum Gasteiger partial charge on any atom is -0.338 e. The van der Waals surface area contributed by atoms with Gasteiger partial charge in [-0.05, 0) is 79.8 Å². The quantitative estimate of drug-likeness (QED) is 0.435. The highest BCUT2D eigenvalue weighted by atomic mass is 35.5. The van der Waals surface area contributed by atoms with E-state index in [4.69, 9.17) is 34.8 Å². The molecule has 2 fully saturated rings.